The molecule has 2 aliphatic carbocycles. The first-order chi connectivity index (χ1) is 57.3. The van der Waals surface area contributed by atoms with Gasteiger partial charge in [0.1, 0.15) is 0 Å². The fraction of sp³-hybridized carbons (Fsp3) is 0.239. The molecule has 5 aromatic heterocycles. The third-order valence-electron chi connectivity index (χ3n) is 22.1. The second kappa shape index (κ2) is 36.4. The number of rotatable bonds is 17. The molecule has 7 heterocycles. The van der Waals surface area contributed by atoms with E-state index in [-0.39, 0.29) is 26.7 Å². The molecule has 2 aliphatic heterocycles. The zero-order valence-electron chi connectivity index (χ0n) is 67.2. The lowest BCUT2D eigenvalue weighted by atomic mass is 9.86. The van der Waals surface area contributed by atoms with Gasteiger partial charge < -0.3 is 47.3 Å². The fourth-order valence-electron chi connectivity index (χ4n) is 16.0. The summed E-state index contributed by atoms with van der Waals surface area (Å²) in [5.41, 5.74) is 31.2. The zero-order valence-corrected chi connectivity index (χ0v) is 70.5. The molecule has 14 aromatic rings. The van der Waals surface area contributed by atoms with Crippen LogP contribution >= 0.6 is 0 Å². The number of fused-ring (bicyclic) bond motifs is 4. The van der Waals surface area contributed by atoms with E-state index in [4.69, 9.17) is 17.2 Å². The number of aromatic nitrogens is 5. The number of likely N-dealkylation sites (N-methyl/N-ethyl adjacent to an activating group) is 2. The van der Waals surface area contributed by atoms with E-state index in [0.717, 1.165) is 126 Å². The van der Waals surface area contributed by atoms with Crippen LogP contribution in [0, 0.1) is 6.92 Å². The highest BCUT2D eigenvalue weighted by Crippen LogP contribution is 2.41. The SMILES string of the molecule is CN(C)CCn1cc(Cc2ccccc2)c2ccccc21.Cc1ccc(S(=O)(=O)n2cc3c4c(cccc42)[C@H](O)[C@@H](N(C)C)C3)cc1.NC(N)=N/N=C1\CCCc2c1ccn2S(=O)(=O)c1ccccc1.Nc1ccc(S(=O)(=O)n2cc(C3=CCNCC3)c3ccccc32)cc1.O=S(=O)(c1ccccc1)n1cc(C2CCCNC2)c2ccccc21. The van der Waals surface area contributed by atoms with E-state index in [1.807, 2.05) is 98.8 Å². The number of nitrogens with two attached hydrogens (primary N) is 3. The minimum atomic E-state index is -3.69. The predicted octanol–water partition coefficient (Wildman–Crippen LogP) is 13.7. The molecule has 1 fully saturated rings. The van der Waals surface area contributed by atoms with E-state index in [9.17, 15) is 38.8 Å². The van der Waals surface area contributed by atoms with Crippen molar-refractivity contribution in [3.8, 4) is 0 Å². The number of para-hydroxylation sites is 3. The van der Waals surface area contributed by atoms with Gasteiger partial charge in [-0.05, 0) is 230 Å². The third kappa shape index (κ3) is 18.2. The number of guanidine groups is 1. The first-order valence-corrected chi connectivity index (χ1v) is 45.5. The van der Waals surface area contributed by atoms with Crippen molar-refractivity contribution >= 4 is 107 Å². The largest absolute Gasteiger partial charge is 0.399 e. The highest BCUT2D eigenvalue weighted by Gasteiger charge is 2.35. The van der Waals surface area contributed by atoms with Gasteiger partial charge in [-0.2, -0.15) is 5.10 Å². The lowest BCUT2D eigenvalue weighted by molar-refractivity contribution is 0.0740. The minimum absolute atomic E-state index is 0.0778. The number of benzene rings is 9. The molecule has 18 rings (SSSR count). The molecule has 0 radical (unpaired) electrons. The number of piperidine rings is 1. The van der Waals surface area contributed by atoms with Gasteiger partial charge >= 0.3 is 0 Å². The number of aliphatic hydroxyl groups is 1. The number of nitrogens with one attached hydrogen (secondary N) is 2. The fourth-order valence-corrected chi connectivity index (χ4v) is 21.6. The highest BCUT2D eigenvalue weighted by molar-refractivity contribution is 7.91. The van der Waals surface area contributed by atoms with Crippen molar-refractivity contribution in [2.45, 2.75) is 102 Å². The Balaban J connectivity index is 0.000000122. The minimum Gasteiger partial charge on any atom is -0.399 e. The summed E-state index contributed by atoms with van der Waals surface area (Å²) in [6, 6.07) is 72.1. The van der Waals surface area contributed by atoms with E-state index in [0.29, 0.717) is 58.2 Å². The van der Waals surface area contributed by atoms with Gasteiger partial charge in [-0.25, -0.2) is 49.6 Å². The number of hydrogen-bond donors (Lipinski definition) is 6. The summed E-state index contributed by atoms with van der Waals surface area (Å²) in [6.45, 7) is 7.66. The zero-order chi connectivity index (χ0) is 83.8. The van der Waals surface area contributed by atoms with Crippen molar-refractivity contribution in [2.75, 3.05) is 66.6 Å². The number of aryl methyl sites for hydroxylation is 1. The van der Waals surface area contributed by atoms with E-state index < -0.39 is 46.2 Å². The van der Waals surface area contributed by atoms with Crippen LogP contribution in [0.5, 0.6) is 0 Å². The molecular formula is C92H100N14O9S4. The summed E-state index contributed by atoms with van der Waals surface area (Å²) >= 11 is 0. The smallest absolute Gasteiger partial charge is 0.268 e. The molecule has 1 unspecified atom stereocenters. The lowest BCUT2D eigenvalue weighted by Gasteiger charge is -2.33. The van der Waals surface area contributed by atoms with E-state index in [1.165, 1.54) is 43.5 Å². The first-order valence-electron chi connectivity index (χ1n) is 39.7. The maximum absolute atomic E-state index is 13.2. The van der Waals surface area contributed by atoms with Crippen LogP contribution in [0.25, 0.3) is 49.2 Å². The molecule has 3 atom stereocenters. The summed E-state index contributed by atoms with van der Waals surface area (Å²) < 4.78 is 112. The standard InChI is InChI=1S/C20H22N2O3S.C19H19N3O2S.C19H20N2O2S.C19H22N2.C15H17N5O2S/c1-13-7-9-15(10-8-13)26(24,25)22-12-14-11-18(21(2)3)20(23)16-5-4-6-17(22)19(14)16;20-15-5-7-16(8-6-15)25(23,24)22-13-18(14-9-11-21-12-10-14)17-3-1-2-4-19(17)22;22-24(23,16-8-2-1-3-9-16)21-14-18(15-7-6-12-20-13-15)17-10-4-5-11-19(17)21;1-20(2)12-13-21-15-17(14-16-8-4-3-5-9-16)18-10-6-7-11-19(18)21;16-15(17)19-18-13-7-4-8-14-12(13)9-10-20(14)23(21,22)11-5-2-1-3-6-11/h4-10,12,18,20,23H,11H2,1-3H3;1-9,13,21H,10-12,20H2;1-5,8-11,14-15,20H,6-7,12-13H2;3-11,15H,12-14H2,1-2H3;1-3,5-6,9-10H,4,7-8H2,(H4,16,17,19)/b;;;;18-13+/t18-,20-;;;;/m0..../s1. The molecular weight excluding hydrogens is 1570 g/mol. The normalized spacial score (nSPS) is 16.5. The van der Waals surface area contributed by atoms with Crippen molar-refractivity contribution in [1.82, 2.24) is 40.9 Å². The molecule has 4 aliphatic rings. The van der Waals surface area contributed by atoms with E-state index in [2.05, 4.69) is 111 Å². The monoisotopic (exact) mass is 1670 g/mol. The average molecular weight is 1670 g/mol. The molecule has 23 nitrogen and oxygen atoms in total. The van der Waals surface area contributed by atoms with Crippen LogP contribution in [-0.4, -0.2) is 148 Å². The second-order valence-corrected chi connectivity index (χ2v) is 37.9. The molecule has 1 saturated heterocycles. The summed E-state index contributed by atoms with van der Waals surface area (Å²) in [7, 11) is -6.48. The van der Waals surface area contributed by atoms with Gasteiger partial charge in [-0.1, -0.05) is 157 Å². The van der Waals surface area contributed by atoms with Crippen molar-refractivity contribution in [3.63, 3.8) is 0 Å². The van der Waals surface area contributed by atoms with Crippen LogP contribution in [-0.2, 0) is 65.9 Å². The van der Waals surface area contributed by atoms with Crippen LogP contribution in [0.2, 0.25) is 0 Å². The predicted molar refractivity (Wildman–Crippen MR) is 477 cm³/mol. The first kappa shape index (κ1) is 84.0. The van der Waals surface area contributed by atoms with Crippen LogP contribution in [0.1, 0.15) is 94.3 Å². The summed E-state index contributed by atoms with van der Waals surface area (Å²) in [5, 5.41) is 29.4. The Kier molecular flexibility index (Phi) is 25.7. The van der Waals surface area contributed by atoms with Gasteiger partial charge in [0.15, 0.2) is 0 Å². The summed E-state index contributed by atoms with van der Waals surface area (Å²) in [4.78, 5) is 5.28. The van der Waals surface area contributed by atoms with Gasteiger partial charge in [0.05, 0.1) is 47.9 Å². The molecule has 0 saturated carbocycles. The summed E-state index contributed by atoms with van der Waals surface area (Å²) in [5.74, 6) is 0.233. The van der Waals surface area contributed by atoms with Crippen LogP contribution in [0.15, 0.2) is 303 Å². The molecule has 616 valence electrons. The Labute approximate surface area is 696 Å². The van der Waals surface area contributed by atoms with Crippen molar-refractivity contribution in [3.05, 3.63) is 324 Å². The lowest BCUT2D eigenvalue weighted by Crippen LogP contribution is -2.37. The second-order valence-electron chi connectivity index (χ2n) is 30.6. The Bertz CT molecular complexity index is 6530. The third-order valence-corrected chi connectivity index (χ3v) is 28.9. The maximum Gasteiger partial charge on any atom is 0.268 e. The van der Waals surface area contributed by atoms with E-state index in [1.54, 1.807) is 134 Å². The molecule has 0 amide bonds. The number of nitrogen functional groups attached to an aromatic ring is 1. The molecule has 0 spiro atoms. The maximum atomic E-state index is 13.2. The number of hydrogen-bond acceptors (Lipinski definition) is 16. The Hall–Kier alpha value is -11.5. The number of aliphatic hydroxyl groups excluding tert-OH is 1. The van der Waals surface area contributed by atoms with Crippen LogP contribution in [0.4, 0.5) is 5.69 Å². The van der Waals surface area contributed by atoms with Crippen LogP contribution < -0.4 is 27.8 Å². The van der Waals surface area contributed by atoms with Crippen molar-refractivity contribution in [1.29, 1.82) is 0 Å². The van der Waals surface area contributed by atoms with Gasteiger partial charge in [0, 0.05) is 113 Å². The van der Waals surface area contributed by atoms with Crippen molar-refractivity contribution < 1.29 is 38.8 Å². The number of anilines is 1. The van der Waals surface area contributed by atoms with Gasteiger partial charge in [-0.3, -0.25) is 0 Å². The van der Waals surface area contributed by atoms with Gasteiger partial charge in [0.25, 0.3) is 40.1 Å². The number of nitrogens with zero attached hydrogens (tertiary/aromatic N) is 9. The highest BCUT2D eigenvalue weighted by atomic mass is 32.2. The Morgan fingerprint density at radius 3 is 1.68 bits per heavy atom. The van der Waals surface area contributed by atoms with Crippen LogP contribution in [0.3, 0.4) is 0 Å². The Morgan fingerprint density at radius 1 is 0.521 bits per heavy atom. The summed E-state index contributed by atoms with van der Waals surface area (Å²) in [6.07, 6.45) is 17.5. The molecule has 9 aromatic carbocycles. The molecule has 9 N–H and O–H groups in total. The average Bonchev–Trinajstić information content (AvgIpc) is 1.59. The molecule has 119 heavy (non-hydrogen) atoms. The van der Waals surface area contributed by atoms with E-state index >= 15 is 0 Å². The molecule has 0 bridgehead atoms. The van der Waals surface area contributed by atoms with Gasteiger partial charge in [-0.15, -0.1) is 5.10 Å². The topological polar surface area (TPSA) is 315 Å². The Morgan fingerprint density at radius 2 is 1.08 bits per heavy atom. The quantitative estimate of drug-likeness (QED) is 0.0214. The molecule has 27 heteroatoms. The van der Waals surface area contributed by atoms with Crippen molar-refractivity contribution in [2.24, 2.45) is 21.7 Å². The van der Waals surface area contributed by atoms with Gasteiger partial charge in [0.2, 0.25) is 5.96 Å².